The van der Waals surface area contributed by atoms with Gasteiger partial charge in [-0.2, -0.15) is 0 Å². The lowest BCUT2D eigenvalue weighted by molar-refractivity contribution is -0.119. The molecule has 1 amide bonds. The first-order valence-electron chi connectivity index (χ1n) is 10.4. The fourth-order valence-electron chi connectivity index (χ4n) is 3.90. The van der Waals surface area contributed by atoms with Gasteiger partial charge in [0.15, 0.2) is 11.5 Å². The maximum Gasteiger partial charge on any atom is 0.217 e. The fraction of sp³-hybridized carbons (Fsp3) is 0.458. The van der Waals surface area contributed by atoms with Crippen LogP contribution in [0.15, 0.2) is 36.4 Å². The van der Waals surface area contributed by atoms with Crippen molar-refractivity contribution >= 4 is 5.91 Å². The van der Waals surface area contributed by atoms with Gasteiger partial charge in [0.2, 0.25) is 5.91 Å². The fourth-order valence-corrected chi connectivity index (χ4v) is 3.90. The molecule has 0 saturated heterocycles. The summed E-state index contributed by atoms with van der Waals surface area (Å²) >= 11 is 0. The molecule has 0 spiro atoms. The molecule has 0 radical (unpaired) electrons. The molecule has 0 bridgehead atoms. The lowest BCUT2D eigenvalue weighted by Gasteiger charge is -2.30. The van der Waals surface area contributed by atoms with Crippen molar-refractivity contribution in [3.05, 3.63) is 58.7 Å². The van der Waals surface area contributed by atoms with E-state index in [4.69, 9.17) is 9.47 Å². The van der Waals surface area contributed by atoms with Crippen LogP contribution < -0.4 is 14.8 Å². The number of hydrogen-bond donors (Lipinski definition) is 1. The number of rotatable bonds is 8. The van der Waals surface area contributed by atoms with E-state index in [2.05, 4.69) is 47.5 Å². The SMILES string of the molecule is CCCOc1ccc2c(c1OC)CCN(Cc1ccc([C@H](C)NC(C)=O)cc1)C2. The van der Waals surface area contributed by atoms with E-state index in [0.717, 1.165) is 49.5 Å². The molecule has 1 aliphatic heterocycles. The van der Waals surface area contributed by atoms with Crippen molar-refractivity contribution in [2.45, 2.75) is 52.7 Å². The average molecular weight is 397 g/mol. The highest BCUT2D eigenvalue weighted by Crippen LogP contribution is 2.37. The van der Waals surface area contributed by atoms with Crippen LogP contribution in [0.5, 0.6) is 11.5 Å². The van der Waals surface area contributed by atoms with Crippen molar-refractivity contribution in [3.63, 3.8) is 0 Å². The maximum absolute atomic E-state index is 11.2. The van der Waals surface area contributed by atoms with Gasteiger partial charge in [0, 0.05) is 32.1 Å². The number of fused-ring (bicyclic) bond motifs is 1. The summed E-state index contributed by atoms with van der Waals surface area (Å²) in [4.78, 5) is 13.7. The number of nitrogens with one attached hydrogen (secondary N) is 1. The van der Waals surface area contributed by atoms with Crippen LogP contribution in [-0.2, 0) is 24.3 Å². The molecule has 1 N–H and O–H groups in total. The van der Waals surface area contributed by atoms with E-state index in [-0.39, 0.29) is 11.9 Å². The summed E-state index contributed by atoms with van der Waals surface area (Å²) in [6.45, 7) is 9.17. The number of amides is 1. The van der Waals surface area contributed by atoms with Crippen molar-refractivity contribution in [2.75, 3.05) is 20.3 Å². The normalized spacial score (nSPS) is 14.8. The molecule has 0 aliphatic carbocycles. The van der Waals surface area contributed by atoms with Crippen LogP contribution >= 0.6 is 0 Å². The molecule has 156 valence electrons. The standard InChI is InChI=1S/C24H32N2O3/c1-5-14-29-23-11-10-21-16-26(13-12-22(21)24(23)28-4)15-19-6-8-20(9-7-19)17(2)25-18(3)27/h6-11,17H,5,12-16H2,1-4H3,(H,25,27)/t17-/m0/s1. The van der Waals surface area contributed by atoms with E-state index >= 15 is 0 Å². The minimum atomic E-state index is -0.00719. The van der Waals surface area contributed by atoms with E-state index in [0.29, 0.717) is 6.61 Å². The van der Waals surface area contributed by atoms with E-state index in [1.807, 2.05) is 13.0 Å². The van der Waals surface area contributed by atoms with Gasteiger partial charge in [-0.1, -0.05) is 37.3 Å². The second kappa shape index (κ2) is 9.79. The Balaban J connectivity index is 1.66. The largest absolute Gasteiger partial charge is 0.493 e. The van der Waals surface area contributed by atoms with Gasteiger partial charge < -0.3 is 14.8 Å². The Morgan fingerprint density at radius 1 is 1.21 bits per heavy atom. The van der Waals surface area contributed by atoms with Crippen molar-refractivity contribution in [1.29, 1.82) is 0 Å². The number of nitrogens with zero attached hydrogens (tertiary/aromatic N) is 1. The van der Waals surface area contributed by atoms with Crippen molar-refractivity contribution in [2.24, 2.45) is 0 Å². The number of benzene rings is 2. The van der Waals surface area contributed by atoms with Gasteiger partial charge >= 0.3 is 0 Å². The topological polar surface area (TPSA) is 50.8 Å². The highest BCUT2D eigenvalue weighted by molar-refractivity contribution is 5.73. The van der Waals surface area contributed by atoms with E-state index in [1.54, 1.807) is 14.0 Å². The third-order valence-corrected chi connectivity index (χ3v) is 5.36. The minimum Gasteiger partial charge on any atom is -0.493 e. The zero-order valence-electron chi connectivity index (χ0n) is 18.0. The molecule has 29 heavy (non-hydrogen) atoms. The Hall–Kier alpha value is -2.53. The highest BCUT2D eigenvalue weighted by atomic mass is 16.5. The van der Waals surface area contributed by atoms with Crippen LogP contribution in [0.3, 0.4) is 0 Å². The van der Waals surface area contributed by atoms with Gasteiger partial charge in [-0.05, 0) is 42.5 Å². The first kappa shape index (κ1) is 21.2. The number of hydrogen-bond acceptors (Lipinski definition) is 4. The molecule has 0 unspecified atom stereocenters. The summed E-state index contributed by atoms with van der Waals surface area (Å²) in [5.41, 5.74) is 4.99. The second-order valence-corrected chi connectivity index (χ2v) is 7.71. The Morgan fingerprint density at radius 3 is 2.62 bits per heavy atom. The quantitative estimate of drug-likeness (QED) is 0.725. The Labute approximate surface area is 174 Å². The predicted octanol–water partition coefficient (Wildman–Crippen LogP) is 4.24. The molecule has 0 fully saturated rings. The molecule has 1 aliphatic rings. The molecule has 3 rings (SSSR count). The zero-order valence-corrected chi connectivity index (χ0v) is 18.0. The summed E-state index contributed by atoms with van der Waals surface area (Å²) in [5, 5.41) is 2.93. The van der Waals surface area contributed by atoms with Crippen molar-refractivity contribution < 1.29 is 14.3 Å². The summed E-state index contributed by atoms with van der Waals surface area (Å²) in [7, 11) is 1.73. The van der Waals surface area contributed by atoms with Crippen molar-refractivity contribution in [3.8, 4) is 11.5 Å². The Morgan fingerprint density at radius 2 is 1.97 bits per heavy atom. The maximum atomic E-state index is 11.2. The van der Waals surface area contributed by atoms with Gasteiger partial charge in [-0.3, -0.25) is 9.69 Å². The molecule has 0 aromatic heterocycles. The number of methoxy groups -OCH3 is 1. The molecular weight excluding hydrogens is 364 g/mol. The Kier molecular flexibility index (Phi) is 7.15. The average Bonchev–Trinajstić information content (AvgIpc) is 2.71. The first-order chi connectivity index (χ1) is 14.0. The monoisotopic (exact) mass is 396 g/mol. The third-order valence-electron chi connectivity index (χ3n) is 5.36. The third kappa shape index (κ3) is 5.30. The lowest BCUT2D eigenvalue weighted by Crippen LogP contribution is -2.30. The van der Waals surface area contributed by atoms with E-state index in [9.17, 15) is 4.79 Å². The number of carbonyl (C=O) groups excluding carboxylic acids is 1. The smallest absolute Gasteiger partial charge is 0.217 e. The number of carbonyl (C=O) groups is 1. The van der Waals surface area contributed by atoms with Crippen LogP contribution in [0.1, 0.15) is 55.5 Å². The van der Waals surface area contributed by atoms with Gasteiger partial charge in [-0.25, -0.2) is 0 Å². The molecule has 5 heteroatoms. The first-order valence-corrected chi connectivity index (χ1v) is 10.4. The highest BCUT2D eigenvalue weighted by Gasteiger charge is 2.22. The van der Waals surface area contributed by atoms with Crippen LogP contribution in [0.2, 0.25) is 0 Å². The van der Waals surface area contributed by atoms with Gasteiger partial charge in [0.25, 0.3) is 0 Å². The van der Waals surface area contributed by atoms with Crippen LogP contribution in [0.25, 0.3) is 0 Å². The van der Waals surface area contributed by atoms with Gasteiger partial charge in [0.1, 0.15) is 0 Å². The molecule has 1 atom stereocenters. The van der Waals surface area contributed by atoms with E-state index in [1.165, 1.54) is 16.7 Å². The summed E-state index contributed by atoms with van der Waals surface area (Å²) in [6.07, 6.45) is 1.94. The second-order valence-electron chi connectivity index (χ2n) is 7.71. The van der Waals surface area contributed by atoms with Crippen LogP contribution in [0.4, 0.5) is 0 Å². The van der Waals surface area contributed by atoms with Crippen LogP contribution in [-0.4, -0.2) is 31.1 Å². The lowest BCUT2D eigenvalue weighted by atomic mass is 9.97. The molecular formula is C24H32N2O3. The number of ether oxygens (including phenoxy) is 2. The van der Waals surface area contributed by atoms with Crippen molar-refractivity contribution in [1.82, 2.24) is 10.2 Å². The molecule has 2 aromatic rings. The predicted molar refractivity (Wildman–Crippen MR) is 115 cm³/mol. The summed E-state index contributed by atoms with van der Waals surface area (Å²) < 4.78 is 11.5. The molecule has 0 saturated carbocycles. The molecule has 5 nitrogen and oxygen atoms in total. The van der Waals surface area contributed by atoms with Crippen LogP contribution in [0, 0.1) is 0 Å². The zero-order chi connectivity index (χ0) is 20.8. The minimum absolute atomic E-state index is 0.00719. The summed E-state index contributed by atoms with van der Waals surface area (Å²) in [5.74, 6) is 1.74. The Bertz CT molecular complexity index is 833. The summed E-state index contributed by atoms with van der Waals surface area (Å²) in [6, 6.07) is 12.8. The van der Waals surface area contributed by atoms with E-state index < -0.39 is 0 Å². The van der Waals surface area contributed by atoms with Gasteiger partial charge in [0.05, 0.1) is 19.8 Å². The molecule has 2 aromatic carbocycles. The van der Waals surface area contributed by atoms with Gasteiger partial charge in [-0.15, -0.1) is 0 Å². The molecule has 1 heterocycles.